The van der Waals surface area contributed by atoms with E-state index in [-0.39, 0.29) is 5.75 Å². The molecule has 0 aliphatic heterocycles. The summed E-state index contributed by atoms with van der Waals surface area (Å²) in [5.41, 5.74) is 2.07. The van der Waals surface area contributed by atoms with Gasteiger partial charge in [-0.15, -0.1) is 0 Å². The van der Waals surface area contributed by atoms with Gasteiger partial charge in [-0.3, -0.25) is 4.98 Å². The third-order valence-corrected chi connectivity index (χ3v) is 2.34. The number of rotatable bonds is 1. The summed E-state index contributed by atoms with van der Waals surface area (Å²) in [6, 6.07) is 9.03. The molecule has 2 nitrogen and oxygen atoms in total. The van der Waals surface area contributed by atoms with E-state index in [1.807, 2.05) is 18.2 Å². The molecule has 1 aromatic heterocycles. The van der Waals surface area contributed by atoms with E-state index in [9.17, 15) is 0 Å². The number of aromatic nitrogens is 1. The van der Waals surface area contributed by atoms with Gasteiger partial charge in [0, 0.05) is 22.4 Å². The lowest BCUT2D eigenvalue weighted by atomic mass is 10.1. The van der Waals surface area contributed by atoms with Crippen molar-refractivity contribution < 1.29 is 5.11 Å². The van der Waals surface area contributed by atoms with Crippen LogP contribution in [0.25, 0.3) is 11.1 Å². The lowest BCUT2D eigenvalue weighted by Crippen LogP contribution is -1.79. The van der Waals surface area contributed by atoms with Gasteiger partial charge in [0.25, 0.3) is 0 Å². The number of benzene rings is 1. The monoisotopic (exact) mass is 249 g/mol. The predicted octanol–water partition coefficient (Wildman–Crippen LogP) is 3.22. The number of halogens is 1. The van der Waals surface area contributed by atoms with Crippen LogP contribution in [0.5, 0.6) is 5.75 Å². The summed E-state index contributed by atoms with van der Waals surface area (Å²) < 4.78 is 0.947. The minimum absolute atomic E-state index is 0.275. The molecule has 0 amide bonds. The highest BCUT2D eigenvalue weighted by molar-refractivity contribution is 9.10. The fourth-order valence-corrected chi connectivity index (χ4v) is 1.59. The van der Waals surface area contributed by atoms with Crippen molar-refractivity contribution in [3.63, 3.8) is 0 Å². The second-order valence-corrected chi connectivity index (χ2v) is 3.85. The van der Waals surface area contributed by atoms with Crippen molar-refractivity contribution in [1.29, 1.82) is 0 Å². The van der Waals surface area contributed by atoms with E-state index in [2.05, 4.69) is 20.9 Å². The van der Waals surface area contributed by atoms with Crippen LogP contribution in [-0.2, 0) is 0 Å². The van der Waals surface area contributed by atoms with Crippen LogP contribution in [0.2, 0.25) is 0 Å². The van der Waals surface area contributed by atoms with Crippen molar-refractivity contribution in [2.45, 2.75) is 0 Å². The Labute approximate surface area is 90.4 Å². The second kappa shape index (κ2) is 3.80. The highest BCUT2D eigenvalue weighted by atomic mass is 79.9. The number of hydrogen-bond donors (Lipinski definition) is 1. The van der Waals surface area contributed by atoms with Crippen molar-refractivity contribution in [2.24, 2.45) is 0 Å². The van der Waals surface area contributed by atoms with Crippen molar-refractivity contribution >= 4 is 15.9 Å². The molecule has 0 radical (unpaired) electrons. The Kier molecular flexibility index (Phi) is 2.50. The standard InChI is InChI=1S/C11H8BrNO/c12-10-5-9(6-13-7-10)8-1-3-11(14)4-2-8/h1-7,14H. The van der Waals surface area contributed by atoms with Gasteiger partial charge in [-0.1, -0.05) is 12.1 Å². The molecule has 0 bridgehead atoms. The van der Waals surface area contributed by atoms with Crippen molar-refractivity contribution in [1.82, 2.24) is 4.98 Å². The molecule has 1 heterocycles. The molecule has 2 aromatic rings. The van der Waals surface area contributed by atoms with Crippen LogP contribution in [-0.4, -0.2) is 10.1 Å². The van der Waals surface area contributed by atoms with Crippen LogP contribution in [0.15, 0.2) is 47.2 Å². The molecule has 0 saturated carbocycles. The average Bonchev–Trinajstić information content (AvgIpc) is 2.19. The molecular weight excluding hydrogens is 242 g/mol. The largest absolute Gasteiger partial charge is 0.508 e. The average molecular weight is 250 g/mol. The minimum Gasteiger partial charge on any atom is -0.508 e. The Bertz CT molecular complexity index is 439. The van der Waals surface area contributed by atoms with Crippen molar-refractivity contribution in [3.8, 4) is 16.9 Å². The number of phenols is 1. The Morgan fingerprint density at radius 3 is 2.36 bits per heavy atom. The number of hydrogen-bond acceptors (Lipinski definition) is 2. The fourth-order valence-electron chi connectivity index (χ4n) is 1.22. The summed E-state index contributed by atoms with van der Waals surface area (Å²) in [6.07, 6.45) is 3.53. The predicted molar refractivity (Wildman–Crippen MR) is 59.0 cm³/mol. The Hall–Kier alpha value is -1.35. The van der Waals surface area contributed by atoms with Gasteiger partial charge < -0.3 is 5.11 Å². The van der Waals surface area contributed by atoms with Gasteiger partial charge in [0.2, 0.25) is 0 Å². The Morgan fingerprint density at radius 1 is 1.00 bits per heavy atom. The molecule has 0 saturated heterocycles. The first kappa shape index (κ1) is 9.21. The van der Waals surface area contributed by atoms with Crippen LogP contribution in [0.1, 0.15) is 0 Å². The summed E-state index contributed by atoms with van der Waals surface area (Å²) in [5, 5.41) is 9.13. The Morgan fingerprint density at radius 2 is 1.71 bits per heavy atom. The molecular formula is C11H8BrNO. The van der Waals surface area contributed by atoms with E-state index in [0.29, 0.717) is 0 Å². The maximum Gasteiger partial charge on any atom is 0.115 e. The van der Waals surface area contributed by atoms with E-state index in [0.717, 1.165) is 15.6 Å². The zero-order valence-corrected chi connectivity index (χ0v) is 8.90. The molecule has 0 spiro atoms. The van der Waals surface area contributed by atoms with Crippen LogP contribution in [0.3, 0.4) is 0 Å². The lowest BCUT2D eigenvalue weighted by molar-refractivity contribution is 0.475. The molecule has 0 fully saturated rings. The van der Waals surface area contributed by atoms with Crippen LogP contribution in [0, 0.1) is 0 Å². The maximum atomic E-state index is 9.13. The van der Waals surface area contributed by atoms with Gasteiger partial charge in [-0.2, -0.15) is 0 Å². The van der Waals surface area contributed by atoms with Gasteiger partial charge in [-0.05, 0) is 39.7 Å². The molecule has 0 unspecified atom stereocenters. The molecule has 2 rings (SSSR count). The zero-order valence-electron chi connectivity index (χ0n) is 7.31. The SMILES string of the molecule is Oc1ccc(-c2cncc(Br)c2)cc1. The summed E-state index contributed by atoms with van der Waals surface area (Å²) >= 11 is 3.36. The smallest absolute Gasteiger partial charge is 0.115 e. The quantitative estimate of drug-likeness (QED) is 0.842. The van der Waals surface area contributed by atoms with E-state index in [1.165, 1.54) is 0 Å². The molecule has 14 heavy (non-hydrogen) atoms. The van der Waals surface area contributed by atoms with Gasteiger partial charge in [0.05, 0.1) is 0 Å². The van der Waals surface area contributed by atoms with E-state index >= 15 is 0 Å². The maximum absolute atomic E-state index is 9.13. The third-order valence-electron chi connectivity index (χ3n) is 1.91. The number of nitrogens with zero attached hydrogens (tertiary/aromatic N) is 1. The van der Waals surface area contributed by atoms with Gasteiger partial charge in [0.1, 0.15) is 5.75 Å². The first-order valence-corrected chi connectivity index (χ1v) is 4.95. The molecule has 0 aliphatic rings. The summed E-state index contributed by atoms with van der Waals surface area (Å²) in [5.74, 6) is 0.275. The molecule has 3 heteroatoms. The Balaban J connectivity index is 2.44. The van der Waals surface area contributed by atoms with Gasteiger partial charge >= 0.3 is 0 Å². The summed E-state index contributed by atoms with van der Waals surface area (Å²) in [4.78, 5) is 4.07. The molecule has 0 atom stereocenters. The van der Waals surface area contributed by atoms with Gasteiger partial charge in [-0.25, -0.2) is 0 Å². The molecule has 1 N–H and O–H groups in total. The third kappa shape index (κ3) is 1.93. The summed E-state index contributed by atoms with van der Waals surface area (Å²) in [7, 11) is 0. The highest BCUT2D eigenvalue weighted by Crippen LogP contribution is 2.23. The van der Waals surface area contributed by atoms with E-state index < -0.39 is 0 Å². The van der Waals surface area contributed by atoms with E-state index in [1.54, 1.807) is 24.5 Å². The second-order valence-electron chi connectivity index (χ2n) is 2.94. The molecule has 1 aromatic carbocycles. The first-order valence-electron chi connectivity index (χ1n) is 4.16. The number of pyridine rings is 1. The van der Waals surface area contributed by atoms with Crippen molar-refractivity contribution in [3.05, 3.63) is 47.2 Å². The zero-order chi connectivity index (χ0) is 9.97. The topological polar surface area (TPSA) is 33.1 Å². The number of phenolic OH excluding ortho intramolecular Hbond substituents is 1. The molecule has 0 aliphatic carbocycles. The normalized spacial score (nSPS) is 10.1. The highest BCUT2D eigenvalue weighted by Gasteiger charge is 1.98. The first-order chi connectivity index (χ1) is 6.75. The van der Waals surface area contributed by atoms with Gasteiger partial charge in [0.15, 0.2) is 0 Å². The summed E-state index contributed by atoms with van der Waals surface area (Å²) in [6.45, 7) is 0. The minimum atomic E-state index is 0.275. The lowest BCUT2D eigenvalue weighted by Gasteiger charge is -2.01. The van der Waals surface area contributed by atoms with Crippen molar-refractivity contribution in [2.75, 3.05) is 0 Å². The van der Waals surface area contributed by atoms with Crippen LogP contribution < -0.4 is 0 Å². The van der Waals surface area contributed by atoms with E-state index in [4.69, 9.17) is 5.11 Å². The van der Waals surface area contributed by atoms with Crippen LogP contribution in [0.4, 0.5) is 0 Å². The fraction of sp³-hybridized carbons (Fsp3) is 0. The van der Waals surface area contributed by atoms with Crippen LogP contribution >= 0.6 is 15.9 Å². The molecule has 70 valence electrons. The number of aromatic hydroxyl groups is 1.